The number of nitrogens with zero attached hydrogens (tertiary/aromatic N) is 3. The molecule has 0 unspecified atom stereocenters. The van der Waals surface area contributed by atoms with Crippen molar-refractivity contribution in [3.63, 3.8) is 0 Å². The van der Waals surface area contributed by atoms with Crippen LogP contribution < -0.4 is 9.64 Å². The summed E-state index contributed by atoms with van der Waals surface area (Å²) in [6.07, 6.45) is 3.53. The third-order valence-corrected chi connectivity index (χ3v) is 3.55. The van der Waals surface area contributed by atoms with Crippen LogP contribution in [0, 0.1) is 10.1 Å². The van der Waals surface area contributed by atoms with Crippen molar-refractivity contribution in [2.45, 2.75) is 26.0 Å². The standard InChI is InChI=1S/C16H17N3O3.ClH/c1-16(2)11-18(10-12-4-3-7-17-9-12)14-8-13(19(20)21)5-6-15(14)22-16;/h3-9H,10-11H2,1-2H3;1H. The second-order valence-electron chi connectivity index (χ2n) is 5.99. The van der Waals surface area contributed by atoms with Crippen LogP contribution in [-0.4, -0.2) is 22.1 Å². The van der Waals surface area contributed by atoms with Crippen molar-refractivity contribution >= 4 is 23.8 Å². The molecule has 0 amide bonds. The van der Waals surface area contributed by atoms with Gasteiger partial charge in [-0.15, -0.1) is 12.4 Å². The Bertz CT molecular complexity index is 707. The summed E-state index contributed by atoms with van der Waals surface area (Å²) in [7, 11) is 0. The van der Waals surface area contributed by atoms with Crippen molar-refractivity contribution in [3.05, 3.63) is 58.4 Å². The molecule has 0 fully saturated rings. The Balaban J connectivity index is 0.00000192. The lowest BCUT2D eigenvalue weighted by Crippen LogP contribution is -2.46. The molecule has 122 valence electrons. The highest BCUT2D eigenvalue weighted by atomic mass is 35.5. The molecule has 3 rings (SSSR count). The first-order valence-electron chi connectivity index (χ1n) is 7.06. The molecule has 23 heavy (non-hydrogen) atoms. The average Bonchev–Trinajstić information content (AvgIpc) is 2.46. The van der Waals surface area contributed by atoms with E-state index in [9.17, 15) is 10.1 Å². The molecule has 2 aromatic rings. The Labute approximate surface area is 140 Å². The number of rotatable bonds is 3. The van der Waals surface area contributed by atoms with Crippen LogP contribution in [0.4, 0.5) is 11.4 Å². The molecule has 1 aromatic carbocycles. The molecule has 0 bridgehead atoms. The average molecular weight is 336 g/mol. The number of benzene rings is 1. The highest BCUT2D eigenvalue weighted by Crippen LogP contribution is 2.39. The predicted molar refractivity (Wildman–Crippen MR) is 90.3 cm³/mol. The summed E-state index contributed by atoms with van der Waals surface area (Å²) in [5.74, 6) is 0.672. The first kappa shape index (κ1) is 17.0. The number of ether oxygens (including phenoxy) is 1. The van der Waals surface area contributed by atoms with Crippen LogP contribution in [0.3, 0.4) is 0 Å². The summed E-state index contributed by atoms with van der Waals surface area (Å²) < 4.78 is 5.94. The quantitative estimate of drug-likeness (QED) is 0.633. The second kappa shape index (κ2) is 6.42. The minimum atomic E-state index is -0.387. The highest BCUT2D eigenvalue weighted by molar-refractivity contribution is 5.85. The van der Waals surface area contributed by atoms with Crippen LogP contribution in [0.5, 0.6) is 5.75 Å². The maximum atomic E-state index is 11.0. The number of halogens is 1. The van der Waals surface area contributed by atoms with E-state index in [1.165, 1.54) is 6.07 Å². The molecule has 2 heterocycles. The maximum absolute atomic E-state index is 11.0. The normalized spacial score (nSPS) is 15.1. The molecule has 1 aliphatic heterocycles. The summed E-state index contributed by atoms with van der Waals surface area (Å²) >= 11 is 0. The van der Waals surface area contributed by atoms with Crippen LogP contribution in [0.15, 0.2) is 42.7 Å². The second-order valence-corrected chi connectivity index (χ2v) is 5.99. The van der Waals surface area contributed by atoms with Gasteiger partial charge in [-0.25, -0.2) is 0 Å². The number of hydrogen-bond donors (Lipinski definition) is 0. The Morgan fingerprint density at radius 3 is 2.83 bits per heavy atom. The van der Waals surface area contributed by atoms with Gasteiger partial charge in [0.25, 0.3) is 5.69 Å². The first-order chi connectivity index (χ1) is 10.4. The lowest BCUT2D eigenvalue weighted by molar-refractivity contribution is -0.384. The molecule has 0 saturated heterocycles. The molecule has 0 saturated carbocycles. The van der Waals surface area contributed by atoms with Gasteiger partial charge in [0.15, 0.2) is 0 Å². The van der Waals surface area contributed by atoms with E-state index in [2.05, 4.69) is 9.88 Å². The van der Waals surface area contributed by atoms with Crippen LogP contribution in [0.25, 0.3) is 0 Å². The third kappa shape index (κ3) is 3.71. The Hall–Kier alpha value is -2.34. The monoisotopic (exact) mass is 335 g/mol. The fourth-order valence-corrected chi connectivity index (χ4v) is 2.68. The Morgan fingerprint density at radius 2 is 2.17 bits per heavy atom. The zero-order chi connectivity index (χ0) is 15.7. The number of fused-ring (bicyclic) bond motifs is 1. The van der Waals surface area contributed by atoms with Crippen LogP contribution in [0.2, 0.25) is 0 Å². The predicted octanol–water partition coefficient (Wildman–Crippen LogP) is 3.59. The summed E-state index contributed by atoms with van der Waals surface area (Å²) in [6, 6.07) is 8.59. The molecule has 0 N–H and O–H groups in total. The van der Waals surface area contributed by atoms with E-state index < -0.39 is 0 Å². The minimum absolute atomic E-state index is 0. The summed E-state index contributed by atoms with van der Waals surface area (Å²) in [6.45, 7) is 5.30. The lowest BCUT2D eigenvalue weighted by Gasteiger charge is -2.40. The molecule has 0 aliphatic carbocycles. The largest absolute Gasteiger partial charge is 0.484 e. The van der Waals surface area contributed by atoms with Gasteiger partial charge in [0.1, 0.15) is 11.4 Å². The van der Waals surface area contributed by atoms with Gasteiger partial charge in [-0.05, 0) is 31.5 Å². The van der Waals surface area contributed by atoms with Gasteiger partial charge >= 0.3 is 0 Å². The summed E-state index contributed by atoms with van der Waals surface area (Å²) in [4.78, 5) is 16.9. The van der Waals surface area contributed by atoms with Gasteiger partial charge in [-0.2, -0.15) is 0 Å². The van der Waals surface area contributed by atoms with Crippen LogP contribution >= 0.6 is 12.4 Å². The summed E-state index contributed by atoms with van der Waals surface area (Å²) in [5.41, 5.74) is 1.51. The molecule has 1 aliphatic rings. The van der Waals surface area contributed by atoms with Crippen molar-refractivity contribution in [1.82, 2.24) is 4.98 Å². The zero-order valence-electron chi connectivity index (χ0n) is 12.9. The van der Waals surface area contributed by atoms with Crippen LogP contribution in [0.1, 0.15) is 19.4 Å². The Morgan fingerprint density at radius 1 is 1.39 bits per heavy atom. The molecular weight excluding hydrogens is 318 g/mol. The van der Waals surface area contributed by atoms with Crippen LogP contribution in [-0.2, 0) is 6.54 Å². The van der Waals surface area contributed by atoms with E-state index in [1.54, 1.807) is 24.5 Å². The molecule has 0 spiro atoms. The number of pyridine rings is 1. The van der Waals surface area contributed by atoms with Gasteiger partial charge in [-0.3, -0.25) is 15.1 Å². The number of anilines is 1. The van der Waals surface area contributed by atoms with Gasteiger partial charge in [-0.1, -0.05) is 6.07 Å². The molecule has 0 radical (unpaired) electrons. The molecule has 6 nitrogen and oxygen atoms in total. The number of hydrogen-bond acceptors (Lipinski definition) is 5. The highest BCUT2D eigenvalue weighted by Gasteiger charge is 2.32. The topological polar surface area (TPSA) is 68.5 Å². The molecular formula is C16H18ClN3O3. The maximum Gasteiger partial charge on any atom is 0.271 e. The fourth-order valence-electron chi connectivity index (χ4n) is 2.68. The SMILES string of the molecule is CC1(C)CN(Cc2cccnc2)c2cc([N+](=O)[O-])ccc2O1.Cl. The van der Waals surface area contributed by atoms with Gasteiger partial charge in [0.2, 0.25) is 0 Å². The molecule has 7 heteroatoms. The third-order valence-electron chi connectivity index (χ3n) is 3.55. The van der Waals surface area contributed by atoms with Crippen molar-refractivity contribution in [2.24, 2.45) is 0 Å². The molecule has 0 atom stereocenters. The first-order valence-corrected chi connectivity index (χ1v) is 7.06. The Kier molecular flexibility index (Phi) is 4.75. The lowest BCUT2D eigenvalue weighted by atomic mass is 10.0. The number of nitro benzene ring substituents is 1. The molecule has 1 aromatic heterocycles. The van der Waals surface area contributed by atoms with Crippen molar-refractivity contribution in [3.8, 4) is 5.75 Å². The number of nitro groups is 1. The smallest absolute Gasteiger partial charge is 0.271 e. The van der Waals surface area contributed by atoms with E-state index in [1.807, 2.05) is 26.0 Å². The van der Waals surface area contributed by atoms with Gasteiger partial charge < -0.3 is 9.64 Å². The van der Waals surface area contributed by atoms with Crippen molar-refractivity contribution in [1.29, 1.82) is 0 Å². The van der Waals surface area contributed by atoms with E-state index >= 15 is 0 Å². The van der Waals surface area contributed by atoms with Crippen molar-refractivity contribution in [2.75, 3.05) is 11.4 Å². The van der Waals surface area contributed by atoms with E-state index in [0.29, 0.717) is 18.8 Å². The summed E-state index contributed by atoms with van der Waals surface area (Å²) in [5, 5.41) is 11.0. The van der Waals surface area contributed by atoms with E-state index in [0.717, 1.165) is 11.3 Å². The van der Waals surface area contributed by atoms with E-state index in [-0.39, 0.29) is 28.6 Å². The van der Waals surface area contributed by atoms with E-state index in [4.69, 9.17) is 4.74 Å². The minimum Gasteiger partial charge on any atom is -0.484 e. The van der Waals surface area contributed by atoms with Gasteiger partial charge in [0, 0.05) is 31.1 Å². The fraction of sp³-hybridized carbons (Fsp3) is 0.312. The zero-order valence-corrected chi connectivity index (χ0v) is 13.7. The van der Waals surface area contributed by atoms with Gasteiger partial charge in [0.05, 0.1) is 17.2 Å². The number of aromatic nitrogens is 1. The van der Waals surface area contributed by atoms with Crippen molar-refractivity contribution < 1.29 is 9.66 Å². The number of non-ortho nitro benzene ring substituents is 1.